The molecular formula is C18H18O5. The molecule has 0 bridgehead atoms. The van der Waals surface area contributed by atoms with Crippen molar-refractivity contribution in [2.45, 2.75) is 19.6 Å². The van der Waals surface area contributed by atoms with Gasteiger partial charge in [-0.3, -0.25) is 0 Å². The molecule has 0 fully saturated rings. The summed E-state index contributed by atoms with van der Waals surface area (Å²) in [5, 5.41) is 0. The van der Waals surface area contributed by atoms with Gasteiger partial charge in [-0.2, -0.15) is 0 Å². The first kappa shape index (κ1) is 15.3. The topological polar surface area (TPSA) is 61.8 Å². The second-order valence-electron chi connectivity index (χ2n) is 5.66. The summed E-state index contributed by atoms with van der Waals surface area (Å²) >= 11 is 0. The quantitative estimate of drug-likeness (QED) is 0.634. The molecule has 5 nitrogen and oxygen atoms in total. The SMILES string of the molecule is COC(=O)C1=CO[C@@H](OC(=O)c2ccccc2)[C@@H]2C(C)=CC[C@H]12. The number of hydrogen-bond donors (Lipinski definition) is 0. The van der Waals surface area contributed by atoms with E-state index >= 15 is 0 Å². The largest absolute Gasteiger partial charge is 0.466 e. The lowest BCUT2D eigenvalue weighted by atomic mass is 9.84. The van der Waals surface area contributed by atoms with Gasteiger partial charge in [0.05, 0.1) is 30.4 Å². The standard InChI is InChI=1S/C18H18O5/c1-11-8-9-13-14(17(20)21-2)10-22-18(15(11)13)23-16(19)12-6-4-3-5-7-12/h3-8,10,13,15,18H,9H2,1-2H3/t13-,15-,18+/m1/s1. The van der Waals surface area contributed by atoms with Crippen LogP contribution in [0.25, 0.3) is 0 Å². The molecule has 1 aliphatic carbocycles. The molecule has 3 rings (SSSR count). The first-order valence-corrected chi connectivity index (χ1v) is 7.48. The number of hydrogen-bond acceptors (Lipinski definition) is 5. The Morgan fingerprint density at radius 3 is 2.61 bits per heavy atom. The van der Waals surface area contributed by atoms with Crippen LogP contribution in [0.2, 0.25) is 0 Å². The number of ether oxygens (including phenoxy) is 3. The molecule has 1 heterocycles. The summed E-state index contributed by atoms with van der Waals surface area (Å²) in [7, 11) is 1.34. The monoisotopic (exact) mass is 314 g/mol. The normalized spacial score (nSPS) is 25.6. The fourth-order valence-corrected chi connectivity index (χ4v) is 3.12. The average molecular weight is 314 g/mol. The fourth-order valence-electron chi connectivity index (χ4n) is 3.12. The predicted octanol–water partition coefficient (Wildman–Crippen LogP) is 2.84. The minimum Gasteiger partial charge on any atom is -0.466 e. The number of allylic oxidation sites excluding steroid dienone is 1. The Morgan fingerprint density at radius 2 is 1.91 bits per heavy atom. The van der Waals surface area contributed by atoms with Crippen molar-refractivity contribution >= 4 is 11.9 Å². The van der Waals surface area contributed by atoms with Crippen LogP contribution in [0, 0.1) is 11.8 Å². The van der Waals surface area contributed by atoms with Gasteiger partial charge in [-0.05, 0) is 25.5 Å². The van der Waals surface area contributed by atoms with Gasteiger partial charge in [0, 0.05) is 5.92 Å². The van der Waals surface area contributed by atoms with Crippen LogP contribution < -0.4 is 0 Å². The van der Waals surface area contributed by atoms with Crippen LogP contribution in [-0.2, 0) is 19.0 Å². The summed E-state index contributed by atoms with van der Waals surface area (Å²) in [4.78, 5) is 24.1. The van der Waals surface area contributed by atoms with E-state index in [1.54, 1.807) is 24.3 Å². The highest BCUT2D eigenvalue weighted by molar-refractivity contribution is 5.90. The third kappa shape index (κ3) is 2.86. The second-order valence-corrected chi connectivity index (χ2v) is 5.66. The van der Waals surface area contributed by atoms with E-state index in [9.17, 15) is 9.59 Å². The summed E-state index contributed by atoms with van der Waals surface area (Å²) < 4.78 is 15.9. The van der Waals surface area contributed by atoms with Crippen molar-refractivity contribution in [3.8, 4) is 0 Å². The summed E-state index contributed by atoms with van der Waals surface area (Å²) in [6.07, 6.45) is 3.38. The van der Waals surface area contributed by atoms with Crippen molar-refractivity contribution in [1.82, 2.24) is 0 Å². The highest BCUT2D eigenvalue weighted by atomic mass is 16.7. The molecular weight excluding hydrogens is 296 g/mol. The van der Waals surface area contributed by atoms with Gasteiger partial charge in [-0.1, -0.05) is 29.8 Å². The van der Waals surface area contributed by atoms with Crippen LogP contribution in [0.4, 0.5) is 0 Å². The van der Waals surface area contributed by atoms with Gasteiger partial charge < -0.3 is 14.2 Å². The Labute approximate surface area is 134 Å². The minimum absolute atomic E-state index is 0.0789. The Morgan fingerprint density at radius 1 is 1.17 bits per heavy atom. The Balaban J connectivity index is 1.81. The maximum absolute atomic E-state index is 12.2. The smallest absolute Gasteiger partial charge is 0.341 e. The zero-order valence-corrected chi connectivity index (χ0v) is 13.0. The molecule has 0 saturated heterocycles. The third-order valence-corrected chi connectivity index (χ3v) is 4.33. The van der Waals surface area contributed by atoms with Crippen LogP contribution in [0.3, 0.4) is 0 Å². The third-order valence-electron chi connectivity index (χ3n) is 4.33. The van der Waals surface area contributed by atoms with E-state index < -0.39 is 18.2 Å². The van der Waals surface area contributed by atoms with Crippen LogP contribution in [0.1, 0.15) is 23.7 Å². The number of esters is 2. The summed E-state index contributed by atoms with van der Waals surface area (Å²) in [6, 6.07) is 8.76. The first-order chi connectivity index (χ1) is 11.1. The predicted molar refractivity (Wildman–Crippen MR) is 82.2 cm³/mol. The zero-order valence-electron chi connectivity index (χ0n) is 13.0. The lowest BCUT2D eigenvalue weighted by Gasteiger charge is -2.33. The minimum atomic E-state index is -0.736. The second kappa shape index (κ2) is 6.28. The highest BCUT2D eigenvalue weighted by Crippen LogP contribution is 2.43. The molecule has 0 amide bonds. The van der Waals surface area contributed by atoms with Gasteiger partial charge in [-0.25, -0.2) is 9.59 Å². The zero-order chi connectivity index (χ0) is 16.4. The van der Waals surface area contributed by atoms with Crippen molar-refractivity contribution in [2.24, 2.45) is 11.8 Å². The number of carbonyl (C=O) groups excluding carboxylic acids is 2. The van der Waals surface area contributed by atoms with Crippen molar-refractivity contribution in [3.05, 3.63) is 59.4 Å². The molecule has 0 radical (unpaired) electrons. The maximum atomic E-state index is 12.2. The van der Waals surface area contributed by atoms with Crippen LogP contribution in [0.5, 0.6) is 0 Å². The molecule has 2 aliphatic rings. The highest BCUT2D eigenvalue weighted by Gasteiger charge is 2.44. The molecule has 0 aromatic heterocycles. The van der Waals surface area contributed by atoms with Gasteiger partial charge in [-0.15, -0.1) is 0 Å². The van der Waals surface area contributed by atoms with Gasteiger partial charge in [0.1, 0.15) is 0 Å². The van der Waals surface area contributed by atoms with E-state index in [2.05, 4.69) is 0 Å². The summed E-state index contributed by atoms with van der Waals surface area (Å²) in [6.45, 7) is 1.96. The molecule has 0 spiro atoms. The van der Waals surface area contributed by atoms with Gasteiger partial charge in [0.15, 0.2) is 0 Å². The number of carbonyl (C=O) groups is 2. The van der Waals surface area contributed by atoms with Gasteiger partial charge in [0.2, 0.25) is 0 Å². The van der Waals surface area contributed by atoms with E-state index in [4.69, 9.17) is 14.2 Å². The average Bonchev–Trinajstić information content (AvgIpc) is 2.97. The van der Waals surface area contributed by atoms with Crippen molar-refractivity contribution < 1.29 is 23.8 Å². The summed E-state index contributed by atoms with van der Waals surface area (Å²) in [5.41, 5.74) is 2.00. The molecule has 120 valence electrons. The van der Waals surface area contributed by atoms with E-state index in [0.717, 1.165) is 5.57 Å². The molecule has 1 aromatic carbocycles. The lowest BCUT2D eigenvalue weighted by molar-refractivity contribution is -0.142. The molecule has 23 heavy (non-hydrogen) atoms. The van der Waals surface area contributed by atoms with Crippen LogP contribution in [0.15, 0.2) is 53.8 Å². The van der Waals surface area contributed by atoms with Crippen molar-refractivity contribution in [2.75, 3.05) is 7.11 Å². The number of fused-ring (bicyclic) bond motifs is 1. The summed E-state index contributed by atoms with van der Waals surface area (Å²) in [5.74, 6) is -1.09. The first-order valence-electron chi connectivity index (χ1n) is 7.48. The van der Waals surface area contributed by atoms with E-state index in [-0.39, 0.29) is 11.8 Å². The molecule has 0 N–H and O–H groups in total. The van der Waals surface area contributed by atoms with Crippen LogP contribution >= 0.6 is 0 Å². The maximum Gasteiger partial charge on any atom is 0.341 e. The van der Waals surface area contributed by atoms with Gasteiger partial charge in [0.25, 0.3) is 6.29 Å². The Kier molecular flexibility index (Phi) is 4.19. The molecule has 5 heteroatoms. The lowest BCUT2D eigenvalue weighted by Crippen LogP contribution is -2.37. The van der Waals surface area contributed by atoms with E-state index in [0.29, 0.717) is 17.6 Å². The number of rotatable bonds is 3. The molecule has 0 saturated carbocycles. The number of methoxy groups -OCH3 is 1. The van der Waals surface area contributed by atoms with Crippen LogP contribution in [-0.4, -0.2) is 25.3 Å². The van der Waals surface area contributed by atoms with Crippen molar-refractivity contribution in [1.29, 1.82) is 0 Å². The van der Waals surface area contributed by atoms with Crippen molar-refractivity contribution in [3.63, 3.8) is 0 Å². The molecule has 0 unspecified atom stereocenters. The van der Waals surface area contributed by atoms with E-state index in [1.807, 2.05) is 19.1 Å². The molecule has 3 atom stereocenters. The number of benzene rings is 1. The van der Waals surface area contributed by atoms with E-state index in [1.165, 1.54) is 13.4 Å². The van der Waals surface area contributed by atoms with Gasteiger partial charge >= 0.3 is 11.9 Å². The Hall–Kier alpha value is -2.56. The molecule has 1 aromatic rings. The fraction of sp³-hybridized carbons (Fsp3) is 0.333. The molecule has 1 aliphatic heterocycles. The Bertz CT molecular complexity index is 674.